The van der Waals surface area contributed by atoms with Gasteiger partial charge in [-0.1, -0.05) is 19.1 Å². The standard InChI is InChI=1S/C17H19N5O2/c1-13(11-21-8-4-7-19-21)9-18-17(24)12-22-15-6-3-2-5-14(15)16(23)10-20-22/h2-8,10,13H,9,11-12H2,1H3,(H,18,24)/t13-/m0/s1. The Balaban J connectivity index is 1.61. The lowest BCUT2D eigenvalue weighted by molar-refractivity contribution is -0.122. The van der Waals surface area contributed by atoms with Crippen LogP contribution in [0.1, 0.15) is 6.92 Å². The Morgan fingerprint density at radius 2 is 2.08 bits per heavy atom. The minimum atomic E-state index is -0.143. The van der Waals surface area contributed by atoms with Gasteiger partial charge in [0.1, 0.15) is 6.54 Å². The zero-order chi connectivity index (χ0) is 16.9. The highest BCUT2D eigenvalue weighted by Gasteiger charge is 2.10. The number of carbonyl (C=O) groups excluding carboxylic acids is 1. The first-order chi connectivity index (χ1) is 11.6. The fourth-order valence-electron chi connectivity index (χ4n) is 2.56. The van der Waals surface area contributed by atoms with Crippen molar-refractivity contribution in [2.24, 2.45) is 5.92 Å². The van der Waals surface area contributed by atoms with Gasteiger partial charge in [-0.25, -0.2) is 0 Å². The molecule has 7 heteroatoms. The van der Waals surface area contributed by atoms with Gasteiger partial charge in [0.05, 0.1) is 11.7 Å². The van der Waals surface area contributed by atoms with Crippen LogP contribution in [0.15, 0.2) is 53.7 Å². The predicted octanol–water partition coefficient (Wildman–Crippen LogP) is 1.05. The first kappa shape index (κ1) is 15.9. The lowest BCUT2D eigenvalue weighted by atomic mass is 10.2. The van der Waals surface area contributed by atoms with E-state index in [4.69, 9.17) is 0 Å². The summed E-state index contributed by atoms with van der Waals surface area (Å²) in [4.78, 5) is 24.0. The van der Waals surface area contributed by atoms with Gasteiger partial charge in [0, 0.05) is 30.9 Å². The average molecular weight is 325 g/mol. The molecule has 0 radical (unpaired) electrons. The Kier molecular flexibility index (Phi) is 4.69. The Hall–Kier alpha value is -2.96. The van der Waals surface area contributed by atoms with Gasteiger partial charge >= 0.3 is 0 Å². The number of para-hydroxylation sites is 1. The van der Waals surface area contributed by atoms with Gasteiger partial charge in [-0.05, 0) is 24.1 Å². The highest BCUT2D eigenvalue weighted by atomic mass is 16.2. The summed E-state index contributed by atoms with van der Waals surface area (Å²) < 4.78 is 3.39. The number of fused-ring (bicyclic) bond motifs is 1. The van der Waals surface area contributed by atoms with E-state index in [2.05, 4.69) is 22.4 Å². The smallest absolute Gasteiger partial charge is 0.241 e. The molecule has 7 nitrogen and oxygen atoms in total. The number of amides is 1. The van der Waals surface area contributed by atoms with E-state index in [1.165, 1.54) is 6.20 Å². The molecule has 0 aliphatic heterocycles. The van der Waals surface area contributed by atoms with Crippen LogP contribution < -0.4 is 10.7 Å². The number of hydrogen-bond acceptors (Lipinski definition) is 4. The normalized spacial score (nSPS) is 12.2. The van der Waals surface area contributed by atoms with Gasteiger partial charge in [-0.3, -0.25) is 19.0 Å². The van der Waals surface area contributed by atoms with Crippen LogP contribution in [0.25, 0.3) is 10.9 Å². The van der Waals surface area contributed by atoms with Crippen LogP contribution >= 0.6 is 0 Å². The van der Waals surface area contributed by atoms with E-state index >= 15 is 0 Å². The van der Waals surface area contributed by atoms with Crippen molar-refractivity contribution in [2.45, 2.75) is 20.0 Å². The van der Waals surface area contributed by atoms with Gasteiger partial charge < -0.3 is 5.32 Å². The molecule has 1 N–H and O–H groups in total. The Labute approximate surface area is 138 Å². The quantitative estimate of drug-likeness (QED) is 0.734. The van der Waals surface area contributed by atoms with Crippen molar-refractivity contribution < 1.29 is 4.79 Å². The summed E-state index contributed by atoms with van der Waals surface area (Å²) in [5, 5.41) is 11.7. The summed E-state index contributed by atoms with van der Waals surface area (Å²) >= 11 is 0. The van der Waals surface area contributed by atoms with Crippen molar-refractivity contribution in [1.82, 2.24) is 24.9 Å². The molecule has 2 aromatic heterocycles. The minimum Gasteiger partial charge on any atom is -0.354 e. The van der Waals surface area contributed by atoms with Crippen LogP contribution in [-0.2, 0) is 17.9 Å². The maximum absolute atomic E-state index is 12.2. The molecule has 24 heavy (non-hydrogen) atoms. The molecule has 124 valence electrons. The lowest BCUT2D eigenvalue weighted by Gasteiger charge is -2.14. The number of aromatic nitrogens is 4. The highest BCUT2D eigenvalue weighted by Crippen LogP contribution is 2.07. The topological polar surface area (TPSA) is 81.8 Å². The predicted molar refractivity (Wildman–Crippen MR) is 90.4 cm³/mol. The summed E-state index contributed by atoms with van der Waals surface area (Å²) in [6, 6.07) is 9.02. The molecule has 3 rings (SSSR count). The lowest BCUT2D eigenvalue weighted by Crippen LogP contribution is -2.33. The highest BCUT2D eigenvalue weighted by molar-refractivity contribution is 5.81. The van der Waals surface area contributed by atoms with Crippen molar-refractivity contribution in [3.05, 3.63) is 59.1 Å². The third-order valence-corrected chi connectivity index (χ3v) is 3.76. The summed E-state index contributed by atoms with van der Waals surface area (Å²) in [7, 11) is 0. The molecule has 2 heterocycles. The Morgan fingerprint density at radius 3 is 2.88 bits per heavy atom. The zero-order valence-electron chi connectivity index (χ0n) is 13.4. The van der Waals surface area contributed by atoms with Crippen molar-refractivity contribution in [3.63, 3.8) is 0 Å². The molecule has 0 unspecified atom stereocenters. The SMILES string of the molecule is C[C@@H](CNC(=O)Cn1ncc(=O)c2ccccc21)Cn1cccn1. The van der Waals surface area contributed by atoms with Gasteiger partial charge in [-0.2, -0.15) is 10.2 Å². The van der Waals surface area contributed by atoms with E-state index in [9.17, 15) is 9.59 Å². The third kappa shape index (κ3) is 3.68. The number of rotatable bonds is 6. The summed E-state index contributed by atoms with van der Waals surface area (Å²) in [5.74, 6) is 0.121. The maximum atomic E-state index is 12.2. The van der Waals surface area contributed by atoms with Gasteiger partial charge in [0.15, 0.2) is 0 Å². The van der Waals surface area contributed by atoms with Crippen molar-refractivity contribution in [1.29, 1.82) is 0 Å². The van der Waals surface area contributed by atoms with Crippen LogP contribution in [0.5, 0.6) is 0 Å². The summed E-state index contributed by atoms with van der Waals surface area (Å²) in [6.45, 7) is 3.42. The molecule has 0 aliphatic rings. The molecule has 0 saturated carbocycles. The van der Waals surface area contributed by atoms with Gasteiger partial charge in [-0.15, -0.1) is 0 Å². The molecule has 3 aromatic rings. The van der Waals surface area contributed by atoms with Crippen LogP contribution in [0, 0.1) is 5.92 Å². The van der Waals surface area contributed by atoms with Gasteiger partial charge in [0.2, 0.25) is 11.3 Å². The molecule has 0 bridgehead atoms. The monoisotopic (exact) mass is 325 g/mol. The number of nitrogens with zero attached hydrogens (tertiary/aromatic N) is 4. The largest absolute Gasteiger partial charge is 0.354 e. The first-order valence-electron chi connectivity index (χ1n) is 7.82. The molecule has 0 saturated heterocycles. The summed E-state index contributed by atoms with van der Waals surface area (Å²) in [5.41, 5.74) is 0.514. The number of hydrogen-bond donors (Lipinski definition) is 1. The maximum Gasteiger partial charge on any atom is 0.241 e. The van der Waals surface area contributed by atoms with E-state index in [1.807, 2.05) is 23.0 Å². The van der Waals surface area contributed by atoms with Crippen LogP contribution in [0.2, 0.25) is 0 Å². The zero-order valence-corrected chi connectivity index (χ0v) is 13.4. The molecule has 0 fully saturated rings. The molecule has 1 atom stereocenters. The van der Waals surface area contributed by atoms with E-state index < -0.39 is 0 Å². The fraction of sp³-hybridized carbons (Fsp3) is 0.294. The minimum absolute atomic E-state index is 0.0787. The van der Waals surface area contributed by atoms with E-state index in [0.29, 0.717) is 17.4 Å². The fourth-order valence-corrected chi connectivity index (χ4v) is 2.56. The second-order valence-corrected chi connectivity index (χ2v) is 5.82. The molecule has 1 aromatic carbocycles. The number of carbonyl (C=O) groups is 1. The molecular weight excluding hydrogens is 306 g/mol. The number of nitrogens with one attached hydrogen (secondary N) is 1. The van der Waals surface area contributed by atoms with Gasteiger partial charge in [0.25, 0.3) is 0 Å². The summed E-state index contributed by atoms with van der Waals surface area (Å²) in [6.07, 6.45) is 4.88. The van der Waals surface area contributed by atoms with E-state index in [0.717, 1.165) is 6.54 Å². The van der Waals surface area contributed by atoms with Crippen LogP contribution in [0.4, 0.5) is 0 Å². The van der Waals surface area contributed by atoms with E-state index in [-0.39, 0.29) is 23.8 Å². The van der Waals surface area contributed by atoms with Crippen molar-refractivity contribution in [3.8, 4) is 0 Å². The molecule has 0 spiro atoms. The van der Waals surface area contributed by atoms with Crippen LogP contribution in [0.3, 0.4) is 0 Å². The Bertz CT molecular complexity index is 885. The first-order valence-corrected chi connectivity index (χ1v) is 7.82. The van der Waals surface area contributed by atoms with Crippen molar-refractivity contribution in [2.75, 3.05) is 6.54 Å². The third-order valence-electron chi connectivity index (χ3n) is 3.76. The molecule has 0 aliphatic carbocycles. The van der Waals surface area contributed by atoms with Crippen molar-refractivity contribution >= 4 is 16.8 Å². The molecule has 1 amide bonds. The number of benzene rings is 1. The Morgan fingerprint density at radius 1 is 1.25 bits per heavy atom. The molecular formula is C17H19N5O2. The average Bonchev–Trinajstić information content (AvgIpc) is 3.09. The second-order valence-electron chi connectivity index (χ2n) is 5.82. The van der Waals surface area contributed by atoms with Crippen LogP contribution in [-0.4, -0.2) is 32.0 Å². The van der Waals surface area contributed by atoms with E-state index in [1.54, 1.807) is 29.1 Å². The second kappa shape index (κ2) is 7.08.